The molecule has 0 aromatic heterocycles. The van der Waals surface area contributed by atoms with Crippen LogP contribution in [0.25, 0.3) is 0 Å². The predicted molar refractivity (Wildman–Crippen MR) is 107 cm³/mol. The smallest absolute Gasteiger partial charge is 0.251 e. The number of hydrogen-bond acceptors (Lipinski definition) is 3. The Kier molecular flexibility index (Phi) is 7.86. The van der Waals surface area contributed by atoms with E-state index in [2.05, 4.69) is 10.6 Å². The first kappa shape index (κ1) is 20.5. The fourth-order valence-corrected chi connectivity index (χ4v) is 2.71. The van der Waals surface area contributed by atoms with Gasteiger partial charge in [0.2, 0.25) is 5.91 Å². The summed E-state index contributed by atoms with van der Waals surface area (Å²) in [5, 5.41) is 5.76. The van der Waals surface area contributed by atoms with Crippen LogP contribution in [0.15, 0.2) is 54.6 Å². The van der Waals surface area contributed by atoms with Gasteiger partial charge in [-0.3, -0.25) is 9.59 Å². The third kappa shape index (κ3) is 6.44. The first-order valence-corrected chi connectivity index (χ1v) is 9.36. The third-order valence-electron chi connectivity index (χ3n) is 4.22. The van der Waals surface area contributed by atoms with E-state index in [1.165, 1.54) is 0 Å². The normalized spacial score (nSPS) is 11.7. The summed E-state index contributed by atoms with van der Waals surface area (Å²) in [6.07, 6.45) is 0.754. The molecule has 0 fully saturated rings. The molecule has 2 rings (SSSR count). The molecule has 1 atom stereocenters. The van der Waals surface area contributed by atoms with Crippen LogP contribution in [0.1, 0.15) is 36.7 Å². The Balaban J connectivity index is 1.91. The van der Waals surface area contributed by atoms with Crippen molar-refractivity contribution in [3.8, 4) is 5.75 Å². The lowest BCUT2D eigenvalue weighted by Gasteiger charge is -2.22. The van der Waals surface area contributed by atoms with E-state index in [4.69, 9.17) is 4.74 Å². The maximum atomic E-state index is 12.5. The van der Waals surface area contributed by atoms with Crippen molar-refractivity contribution in [1.29, 1.82) is 0 Å². The number of amides is 2. The van der Waals surface area contributed by atoms with Crippen LogP contribution in [0, 0.1) is 5.92 Å². The molecule has 0 aliphatic heterocycles. The van der Waals surface area contributed by atoms with Crippen LogP contribution in [-0.2, 0) is 11.2 Å². The highest BCUT2D eigenvalue weighted by Crippen LogP contribution is 2.13. The second-order valence-corrected chi connectivity index (χ2v) is 6.68. The number of benzene rings is 2. The zero-order valence-corrected chi connectivity index (χ0v) is 16.2. The fraction of sp³-hybridized carbons (Fsp3) is 0.364. The number of carbonyl (C=O) groups is 2. The summed E-state index contributed by atoms with van der Waals surface area (Å²) in [6, 6.07) is 16.3. The van der Waals surface area contributed by atoms with Crippen LogP contribution in [0.5, 0.6) is 5.75 Å². The zero-order valence-electron chi connectivity index (χ0n) is 16.2. The average molecular weight is 368 g/mol. The van der Waals surface area contributed by atoms with Gasteiger partial charge in [0.1, 0.15) is 11.8 Å². The quantitative estimate of drug-likeness (QED) is 0.714. The van der Waals surface area contributed by atoms with E-state index < -0.39 is 6.04 Å². The minimum Gasteiger partial charge on any atom is -0.494 e. The molecule has 0 spiro atoms. The molecule has 2 amide bonds. The molecule has 27 heavy (non-hydrogen) atoms. The molecule has 2 N–H and O–H groups in total. The molecule has 0 bridgehead atoms. The maximum absolute atomic E-state index is 12.5. The number of rotatable bonds is 9. The van der Waals surface area contributed by atoms with E-state index in [1.807, 2.05) is 51.1 Å². The molecular weight excluding hydrogens is 340 g/mol. The monoisotopic (exact) mass is 368 g/mol. The van der Waals surface area contributed by atoms with E-state index in [1.54, 1.807) is 24.3 Å². The molecule has 0 saturated carbocycles. The van der Waals surface area contributed by atoms with Crippen LogP contribution < -0.4 is 15.4 Å². The first-order valence-electron chi connectivity index (χ1n) is 9.36. The Labute approximate surface area is 161 Å². The molecule has 2 aromatic carbocycles. The lowest BCUT2D eigenvalue weighted by atomic mass is 10.0. The number of nitrogens with one attached hydrogen (secondary N) is 2. The lowest BCUT2D eigenvalue weighted by molar-refractivity contribution is -0.123. The number of carbonyl (C=O) groups excluding carboxylic acids is 2. The molecule has 0 saturated heterocycles. The summed E-state index contributed by atoms with van der Waals surface area (Å²) in [5.41, 5.74) is 1.67. The first-order chi connectivity index (χ1) is 13.0. The largest absolute Gasteiger partial charge is 0.494 e. The van der Waals surface area contributed by atoms with Crippen molar-refractivity contribution < 1.29 is 14.3 Å². The van der Waals surface area contributed by atoms with Crippen molar-refractivity contribution in [3.63, 3.8) is 0 Å². The predicted octanol–water partition coefficient (Wildman–Crippen LogP) is 3.20. The highest BCUT2D eigenvalue weighted by Gasteiger charge is 2.24. The minimum atomic E-state index is -0.583. The van der Waals surface area contributed by atoms with Crippen molar-refractivity contribution in [2.75, 3.05) is 13.2 Å². The summed E-state index contributed by atoms with van der Waals surface area (Å²) in [7, 11) is 0. The van der Waals surface area contributed by atoms with E-state index in [9.17, 15) is 9.59 Å². The Morgan fingerprint density at radius 1 is 1.00 bits per heavy atom. The van der Waals surface area contributed by atoms with Crippen molar-refractivity contribution in [2.45, 2.75) is 33.2 Å². The van der Waals surface area contributed by atoms with Crippen molar-refractivity contribution >= 4 is 11.8 Å². The van der Waals surface area contributed by atoms with Crippen molar-refractivity contribution in [1.82, 2.24) is 10.6 Å². The van der Waals surface area contributed by atoms with Gasteiger partial charge in [-0.15, -0.1) is 0 Å². The Hall–Kier alpha value is -2.82. The molecule has 5 nitrogen and oxygen atoms in total. The van der Waals surface area contributed by atoms with E-state index in [0.29, 0.717) is 24.5 Å². The van der Waals surface area contributed by atoms with E-state index >= 15 is 0 Å². The lowest BCUT2D eigenvalue weighted by Crippen LogP contribution is -2.50. The van der Waals surface area contributed by atoms with E-state index in [0.717, 1.165) is 12.0 Å². The van der Waals surface area contributed by atoms with Crippen molar-refractivity contribution in [2.24, 2.45) is 5.92 Å². The average Bonchev–Trinajstić information content (AvgIpc) is 2.67. The summed E-state index contributed by atoms with van der Waals surface area (Å²) in [5.74, 6) is 0.261. The van der Waals surface area contributed by atoms with Gasteiger partial charge in [-0.2, -0.15) is 0 Å². The molecule has 5 heteroatoms. The summed E-state index contributed by atoms with van der Waals surface area (Å²) in [4.78, 5) is 25.0. The van der Waals surface area contributed by atoms with Crippen molar-refractivity contribution in [3.05, 3.63) is 65.7 Å². The summed E-state index contributed by atoms with van der Waals surface area (Å²) >= 11 is 0. The minimum absolute atomic E-state index is 0.0200. The second kappa shape index (κ2) is 10.4. The van der Waals surface area contributed by atoms with Gasteiger partial charge < -0.3 is 15.4 Å². The van der Waals surface area contributed by atoms with Gasteiger partial charge in [0.05, 0.1) is 6.61 Å². The van der Waals surface area contributed by atoms with Gasteiger partial charge in [0.15, 0.2) is 0 Å². The van der Waals surface area contributed by atoms with Gasteiger partial charge in [-0.25, -0.2) is 0 Å². The topological polar surface area (TPSA) is 67.4 Å². The Bertz CT molecular complexity index is 727. The number of ether oxygens (including phenoxy) is 1. The van der Waals surface area contributed by atoms with E-state index in [-0.39, 0.29) is 17.7 Å². The van der Waals surface area contributed by atoms with Crippen LogP contribution in [0.4, 0.5) is 0 Å². The SMILES string of the molecule is CCOc1ccc(C(=O)NC(C(=O)NCCc2ccccc2)C(C)C)cc1. The van der Waals surface area contributed by atoms with Crippen LogP contribution in [-0.4, -0.2) is 31.0 Å². The maximum Gasteiger partial charge on any atom is 0.251 e. The molecular formula is C22H28N2O3. The second-order valence-electron chi connectivity index (χ2n) is 6.68. The zero-order chi connectivity index (χ0) is 19.6. The molecule has 2 aromatic rings. The number of hydrogen-bond donors (Lipinski definition) is 2. The highest BCUT2D eigenvalue weighted by molar-refractivity contribution is 5.97. The summed E-state index contributed by atoms with van der Waals surface area (Å²) < 4.78 is 5.38. The van der Waals surface area contributed by atoms with Crippen LogP contribution in [0.2, 0.25) is 0 Å². The third-order valence-corrected chi connectivity index (χ3v) is 4.22. The van der Waals surface area contributed by atoms with Gasteiger partial charge in [-0.1, -0.05) is 44.2 Å². The molecule has 0 aliphatic rings. The fourth-order valence-electron chi connectivity index (χ4n) is 2.71. The highest BCUT2D eigenvalue weighted by atomic mass is 16.5. The van der Waals surface area contributed by atoms with Gasteiger partial charge >= 0.3 is 0 Å². The van der Waals surface area contributed by atoms with Crippen LogP contribution >= 0.6 is 0 Å². The molecule has 0 heterocycles. The molecule has 0 aliphatic carbocycles. The summed E-state index contributed by atoms with van der Waals surface area (Å²) in [6.45, 7) is 6.85. The standard InChI is InChI=1S/C22H28N2O3/c1-4-27-19-12-10-18(11-13-19)21(25)24-20(16(2)3)22(26)23-15-14-17-8-6-5-7-9-17/h5-13,16,20H,4,14-15H2,1-3H3,(H,23,26)(H,24,25). The van der Waals surface area contributed by atoms with Crippen LogP contribution in [0.3, 0.4) is 0 Å². The van der Waals surface area contributed by atoms with Gasteiger partial charge in [-0.05, 0) is 49.1 Å². The molecule has 144 valence electrons. The Morgan fingerprint density at radius 2 is 1.67 bits per heavy atom. The Morgan fingerprint density at radius 3 is 2.26 bits per heavy atom. The molecule has 0 radical (unpaired) electrons. The van der Waals surface area contributed by atoms with Gasteiger partial charge in [0.25, 0.3) is 5.91 Å². The van der Waals surface area contributed by atoms with Gasteiger partial charge in [0, 0.05) is 12.1 Å². The molecule has 1 unspecified atom stereocenters.